The molecular formula is C25H26ClN3O3. The van der Waals surface area contributed by atoms with Crippen LogP contribution in [-0.4, -0.2) is 34.1 Å². The Morgan fingerprint density at radius 3 is 2.62 bits per heavy atom. The van der Waals surface area contributed by atoms with Crippen molar-refractivity contribution in [2.75, 3.05) is 18.0 Å². The lowest BCUT2D eigenvalue weighted by Gasteiger charge is -2.21. The van der Waals surface area contributed by atoms with E-state index in [-0.39, 0.29) is 5.56 Å². The van der Waals surface area contributed by atoms with E-state index in [0.717, 1.165) is 37.1 Å². The quantitative estimate of drug-likeness (QED) is 0.513. The molecule has 4 rings (SSSR count). The molecule has 1 aliphatic heterocycles. The predicted octanol–water partition coefficient (Wildman–Crippen LogP) is 5.76. The Morgan fingerprint density at radius 1 is 1.12 bits per heavy atom. The number of hydrogen-bond acceptors (Lipinski definition) is 5. The van der Waals surface area contributed by atoms with Gasteiger partial charge in [-0.2, -0.15) is 0 Å². The average Bonchev–Trinajstić information content (AvgIpc) is 3.07. The molecule has 0 aliphatic carbocycles. The summed E-state index contributed by atoms with van der Waals surface area (Å²) >= 11 is 6.10. The third-order valence-electron chi connectivity index (χ3n) is 5.57. The van der Waals surface area contributed by atoms with Crippen LogP contribution in [0.4, 0.5) is 5.95 Å². The molecule has 0 amide bonds. The number of rotatable bonds is 6. The third-order valence-corrected chi connectivity index (χ3v) is 5.81. The summed E-state index contributed by atoms with van der Waals surface area (Å²) < 4.78 is 6.13. The first-order valence-electron chi connectivity index (χ1n) is 10.8. The molecule has 2 aromatic carbocycles. The highest BCUT2D eigenvalue weighted by atomic mass is 35.5. The van der Waals surface area contributed by atoms with Gasteiger partial charge in [0, 0.05) is 29.9 Å². The van der Waals surface area contributed by atoms with E-state index in [2.05, 4.69) is 9.88 Å². The summed E-state index contributed by atoms with van der Waals surface area (Å²) in [7, 11) is 0. The Morgan fingerprint density at radius 2 is 1.91 bits per heavy atom. The van der Waals surface area contributed by atoms with Crippen molar-refractivity contribution in [2.45, 2.75) is 39.2 Å². The maximum Gasteiger partial charge on any atom is 0.339 e. The van der Waals surface area contributed by atoms with Gasteiger partial charge >= 0.3 is 5.97 Å². The van der Waals surface area contributed by atoms with Gasteiger partial charge in [-0.1, -0.05) is 42.6 Å². The molecule has 0 atom stereocenters. The molecule has 1 fully saturated rings. The van der Waals surface area contributed by atoms with Crippen LogP contribution < -0.4 is 9.64 Å². The number of anilines is 1. The molecule has 0 unspecified atom stereocenters. The molecule has 1 aliphatic rings. The van der Waals surface area contributed by atoms with Gasteiger partial charge < -0.3 is 14.7 Å². The number of carboxylic acids is 1. The standard InChI is InChI=1S/C25H26ClN3O3/c1-17-9-10-20(22(13-17)32-16-18-7-6-8-19(26)14-18)23-21(24(30)31)15-27-25(28-23)29-11-4-2-3-5-12-29/h6-10,13-15H,2-5,11-12,16H2,1H3,(H,30,31). The molecule has 7 heteroatoms. The molecular weight excluding hydrogens is 426 g/mol. The van der Waals surface area contributed by atoms with E-state index in [1.807, 2.05) is 49.4 Å². The number of aryl methyl sites for hydroxylation is 1. The summed E-state index contributed by atoms with van der Waals surface area (Å²) in [6.45, 7) is 4.02. The molecule has 6 nitrogen and oxygen atoms in total. The predicted molar refractivity (Wildman–Crippen MR) is 126 cm³/mol. The minimum Gasteiger partial charge on any atom is -0.488 e. The zero-order valence-corrected chi connectivity index (χ0v) is 18.8. The first-order valence-corrected chi connectivity index (χ1v) is 11.2. The summed E-state index contributed by atoms with van der Waals surface area (Å²) in [5.74, 6) is 0.0741. The number of carbonyl (C=O) groups is 1. The number of hydrogen-bond donors (Lipinski definition) is 1. The van der Waals surface area contributed by atoms with Gasteiger partial charge in [-0.25, -0.2) is 14.8 Å². The van der Waals surface area contributed by atoms with Crippen molar-refractivity contribution in [2.24, 2.45) is 0 Å². The molecule has 1 N–H and O–H groups in total. The van der Waals surface area contributed by atoms with E-state index in [1.165, 1.54) is 19.0 Å². The van der Waals surface area contributed by atoms with Crippen molar-refractivity contribution in [1.82, 2.24) is 9.97 Å². The molecule has 1 saturated heterocycles. The fourth-order valence-electron chi connectivity index (χ4n) is 3.89. The molecule has 0 spiro atoms. The highest BCUT2D eigenvalue weighted by Gasteiger charge is 2.21. The van der Waals surface area contributed by atoms with Gasteiger partial charge in [0.25, 0.3) is 0 Å². The summed E-state index contributed by atoms with van der Waals surface area (Å²) in [6, 6.07) is 13.2. The van der Waals surface area contributed by atoms with Crippen LogP contribution in [0.3, 0.4) is 0 Å². The molecule has 0 saturated carbocycles. The first kappa shape index (κ1) is 22.1. The van der Waals surface area contributed by atoms with Gasteiger partial charge in [0.05, 0.1) is 5.69 Å². The fraction of sp³-hybridized carbons (Fsp3) is 0.320. The van der Waals surface area contributed by atoms with Crippen LogP contribution in [-0.2, 0) is 6.61 Å². The monoisotopic (exact) mass is 451 g/mol. The minimum absolute atomic E-state index is 0.0556. The number of ether oxygens (including phenoxy) is 1. The lowest BCUT2D eigenvalue weighted by atomic mass is 10.0. The van der Waals surface area contributed by atoms with E-state index < -0.39 is 5.97 Å². The van der Waals surface area contributed by atoms with Gasteiger partial charge in [-0.3, -0.25) is 0 Å². The molecule has 166 valence electrons. The molecule has 3 aromatic rings. The van der Waals surface area contributed by atoms with Crippen LogP contribution in [0.1, 0.15) is 47.2 Å². The number of aromatic carboxylic acids is 1. The maximum atomic E-state index is 12.0. The van der Waals surface area contributed by atoms with Crippen LogP contribution in [0.5, 0.6) is 5.75 Å². The first-order chi connectivity index (χ1) is 15.5. The van der Waals surface area contributed by atoms with Crippen LogP contribution >= 0.6 is 11.6 Å². The van der Waals surface area contributed by atoms with Gasteiger partial charge in [0.15, 0.2) is 0 Å². The van der Waals surface area contributed by atoms with Crippen LogP contribution in [0, 0.1) is 6.92 Å². The van der Waals surface area contributed by atoms with Crippen molar-refractivity contribution in [3.63, 3.8) is 0 Å². The highest BCUT2D eigenvalue weighted by molar-refractivity contribution is 6.30. The van der Waals surface area contributed by atoms with Gasteiger partial charge in [0.2, 0.25) is 5.95 Å². The van der Waals surface area contributed by atoms with Gasteiger partial charge in [0.1, 0.15) is 17.9 Å². The van der Waals surface area contributed by atoms with Crippen molar-refractivity contribution in [3.8, 4) is 17.0 Å². The zero-order chi connectivity index (χ0) is 22.5. The lowest BCUT2D eigenvalue weighted by molar-refractivity contribution is 0.0697. The molecule has 0 radical (unpaired) electrons. The number of nitrogens with zero attached hydrogens (tertiary/aromatic N) is 3. The Balaban J connectivity index is 1.72. The third kappa shape index (κ3) is 5.19. The largest absolute Gasteiger partial charge is 0.488 e. The number of aromatic nitrogens is 2. The number of carboxylic acid groups (broad SMARTS) is 1. The van der Waals surface area contributed by atoms with Crippen LogP contribution in [0.2, 0.25) is 5.02 Å². The summed E-state index contributed by atoms with van der Waals surface area (Å²) in [5.41, 5.74) is 2.99. The van der Waals surface area contributed by atoms with E-state index in [1.54, 1.807) is 0 Å². The zero-order valence-electron chi connectivity index (χ0n) is 18.1. The van der Waals surface area contributed by atoms with Crippen molar-refractivity contribution in [1.29, 1.82) is 0 Å². The maximum absolute atomic E-state index is 12.0. The summed E-state index contributed by atoms with van der Waals surface area (Å²) in [4.78, 5) is 23.2. The fourth-order valence-corrected chi connectivity index (χ4v) is 4.10. The lowest BCUT2D eigenvalue weighted by Crippen LogP contribution is -2.26. The van der Waals surface area contributed by atoms with Crippen LogP contribution in [0.25, 0.3) is 11.3 Å². The molecule has 1 aromatic heterocycles. The van der Waals surface area contributed by atoms with Crippen LogP contribution in [0.15, 0.2) is 48.7 Å². The normalized spacial score (nSPS) is 14.1. The summed E-state index contributed by atoms with van der Waals surface area (Å²) in [6.07, 6.45) is 5.95. The second kappa shape index (κ2) is 10.0. The Kier molecular flexibility index (Phi) is 6.90. The Labute approximate surface area is 192 Å². The number of halogens is 1. The molecule has 2 heterocycles. The van der Waals surface area contributed by atoms with Crippen molar-refractivity contribution in [3.05, 3.63) is 70.4 Å². The molecule has 32 heavy (non-hydrogen) atoms. The Hall–Kier alpha value is -3.12. The van der Waals surface area contributed by atoms with Crippen molar-refractivity contribution >= 4 is 23.5 Å². The van der Waals surface area contributed by atoms with Gasteiger partial charge in [-0.15, -0.1) is 0 Å². The molecule has 0 bridgehead atoms. The highest BCUT2D eigenvalue weighted by Crippen LogP contribution is 2.34. The number of benzene rings is 2. The summed E-state index contributed by atoms with van der Waals surface area (Å²) in [5, 5.41) is 10.4. The van der Waals surface area contributed by atoms with E-state index in [4.69, 9.17) is 21.3 Å². The van der Waals surface area contributed by atoms with E-state index in [0.29, 0.717) is 34.6 Å². The second-order valence-electron chi connectivity index (χ2n) is 8.06. The van der Waals surface area contributed by atoms with E-state index >= 15 is 0 Å². The van der Waals surface area contributed by atoms with Crippen molar-refractivity contribution < 1.29 is 14.6 Å². The minimum atomic E-state index is -1.07. The van der Waals surface area contributed by atoms with Gasteiger partial charge in [-0.05, 0) is 55.2 Å². The topological polar surface area (TPSA) is 75.6 Å². The van der Waals surface area contributed by atoms with E-state index in [9.17, 15) is 9.90 Å². The Bertz CT molecular complexity index is 1110. The second-order valence-corrected chi connectivity index (χ2v) is 8.49. The average molecular weight is 452 g/mol. The SMILES string of the molecule is Cc1ccc(-c2nc(N3CCCCCC3)ncc2C(=O)O)c(OCc2cccc(Cl)c2)c1. The smallest absolute Gasteiger partial charge is 0.339 e.